The lowest BCUT2D eigenvalue weighted by Crippen LogP contribution is -2.60. The minimum absolute atomic E-state index is 0.0744. The van der Waals surface area contributed by atoms with E-state index in [0.29, 0.717) is 32.4 Å². The molecule has 6 rings (SSSR count). The standard InChI is InChI=1S/C39H55N5O9S/c1-7-11-26-19-39(26,34(47)42-54(50,51)28-15-16-28)41-32(45)30-18-27-21-44(30)33(46)31(37(2,3)4)40-35(48)52-23-38(5,6)17-9-8-12-24-13-10-14-25-20-43(22-29(24)25)36(49)53-27/h7,10,13-14,26-28,30-31H,1,8-9,11-12,15-23H2,2-6H3,(H,40,48)(H,41,45)(H,42,47)/t26-,27+,30-,31+,39?/m0/s1. The summed E-state index contributed by atoms with van der Waals surface area (Å²) in [4.78, 5) is 72.3. The van der Waals surface area contributed by atoms with Gasteiger partial charge in [-0.1, -0.05) is 65.3 Å². The quantitative estimate of drug-likeness (QED) is 0.345. The van der Waals surface area contributed by atoms with E-state index in [-0.39, 0.29) is 31.4 Å². The van der Waals surface area contributed by atoms with Gasteiger partial charge in [-0.05, 0) is 78.4 Å². The number of sulfonamides is 1. The van der Waals surface area contributed by atoms with Gasteiger partial charge in [0, 0.05) is 19.5 Å². The first kappa shape index (κ1) is 39.6. The number of carbonyl (C=O) groups is 5. The summed E-state index contributed by atoms with van der Waals surface area (Å²) in [5.41, 5.74) is 0.636. The lowest BCUT2D eigenvalue weighted by atomic mass is 9.85. The number of amides is 5. The van der Waals surface area contributed by atoms with Crippen LogP contribution >= 0.6 is 0 Å². The molecule has 3 fully saturated rings. The Balaban J connectivity index is 1.28. The van der Waals surface area contributed by atoms with Crippen LogP contribution in [0.15, 0.2) is 30.9 Å². The SMILES string of the molecule is C=CC[C@H]1CC1(NC(=O)[C@@H]1C[C@@H]2CN1C(=O)[C@H](C(C)(C)C)NC(=O)OCC(C)(C)CCCCc1cccc3c1CN(C3)C(=O)O2)C(=O)NS(=O)(=O)C1CC1. The smallest absolute Gasteiger partial charge is 0.410 e. The van der Waals surface area contributed by atoms with Gasteiger partial charge in [0.1, 0.15) is 23.7 Å². The first-order valence-corrected chi connectivity index (χ1v) is 20.7. The van der Waals surface area contributed by atoms with Gasteiger partial charge in [0.05, 0.1) is 18.4 Å². The predicted molar refractivity (Wildman–Crippen MR) is 199 cm³/mol. The summed E-state index contributed by atoms with van der Waals surface area (Å²) in [7, 11) is -3.91. The molecule has 1 aromatic rings. The summed E-state index contributed by atoms with van der Waals surface area (Å²) < 4.78 is 39.4. The van der Waals surface area contributed by atoms with Gasteiger partial charge in [-0.3, -0.25) is 24.0 Å². The number of alkyl carbamates (subject to hydrolysis) is 1. The lowest BCUT2D eigenvalue weighted by Gasteiger charge is -2.35. The predicted octanol–water partition coefficient (Wildman–Crippen LogP) is 4.06. The van der Waals surface area contributed by atoms with Crippen molar-refractivity contribution < 1.29 is 41.9 Å². The van der Waals surface area contributed by atoms with Crippen molar-refractivity contribution in [1.29, 1.82) is 0 Å². The molecule has 2 saturated carbocycles. The summed E-state index contributed by atoms with van der Waals surface area (Å²) in [6, 6.07) is 3.75. The first-order chi connectivity index (χ1) is 25.3. The average molecular weight is 770 g/mol. The summed E-state index contributed by atoms with van der Waals surface area (Å²) in [5, 5.41) is 4.91. The number of allylic oxidation sites excluding steroid dienone is 1. The second-order valence-corrected chi connectivity index (χ2v) is 19.6. The lowest BCUT2D eigenvalue weighted by molar-refractivity contribution is -0.143. The highest BCUT2D eigenvalue weighted by molar-refractivity contribution is 7.91. The van der Waals surface area contributed by atoms with Gasteiger partial charge in [0.25, 0.3) is 5.91 Å². The van der Waals surface area contributed by atoms with E-state index in [4.69, 9.17) is 9.47 Å². The van der Waals surface area contributed by atoms with Crippen molar-refractivity contribution in [2.45, 2.75) is 134 Å². The number of rotatable bonds is 7. The molecule has 2 aliphatic carbocycles. The molecule has 54 heavy (non-hydrogen) atoms. The van der Waals surface area contributed by atoms with Gasteiger partial charge in [-0.15, -0.1) is 6.58 Å². The Morgan fingerprint density at radius 2 is 1.81 bits per heavy atom. The Kier molecular flexibility index (Phi) is 10.9. The molecule has 14 nitrogen and oxygen atoms in total. The largest absolute Gasteiger partial charge is 0.449 e. The molecule has 5 amide bonds. The van der Waals surface area contributed by atoms with E-state index in [1.807, 2.05) is 26.0 Å². The van der Waals surface area contributed by atoms with Crippen LogP contribution in [0.25, 0.3) is 0 Å². The average Bonchev–Trinajstić information content (AvgIpc) is 3.97. The number of aryl methyl sites for hydroxylation is 1. The molecule has 5 aliphatic rings. The fraction of sp³-hybridized carbons (Fsp3) is 0.667. The number of benzene rings is 1. The van der Waals surface area contributed by atoms with Crippen LogP contribution in [-0.4, -0.2) is 90.3 Å². The highest BCUT2D eigenvalue weighted by atomic mass is 32.2. The molecule has 4 bridgehead atoms. The minimum atomic E-state index is -3.91. The van der Waals surface area contributed by atoms with E-state index in [1.165, 1.54) is 10.5 Å². The molecule has 5 atom stereocenters. The highest BCUT2D eigenvalue weighted by Gasteiger charge is 2.62. The van der Waals surface area contributed by atoms with Gasteiger partial charge in [-0.25, -0.2) is 18.0 Å². The molecule has 15 heteroatoms. The number of fused-ring (bicyclic) bond motifs is 3. The van der Waals surface area contributed by atoms with Gasteiger partial charge in [0.2, 0.25) is 21.8 Å². The monoisotopic (exact) mass is 769 g/mol. The summed E-state index contributed by atoms with van der Waals surface area (Å²) in [5.74, 6) is -2.52. The molecule has 1 aromatic carbocycles. The van der Waals surface area contributed by atoms with E-state index in [9.17, 15) is 32.4 Å². The van der Waals surface area contributed by atoms with Gasteiger partial charge in [-0.2, -0.15) is 0 Å². The van der Waals surface area contributed by atoms with Crippen molar-refractivity contribution in [3.63, 3.8) is 0 Å². The van der Waals surface area contributed by atoms with Crippen LogP contribution in [-0.2, 0) is 53.4 Å². The molecular weight excluding hydrogens is 715 g/mol. The van der Waals surface area contributed by atoms with Crippen LogP contribution in [0.5, 0.6) is 0 Å². The maximum Gasteiger partial charge on any atom is 0.410 e. The number of cyclic esters (lactones) is 1. The van der Waals surface area contributed by atoms with Crippen LogP contribution in [0.3, 0.4) is 0 Å². The fourth-order valence-electron chi connectivity index (χ4n) is 7.96. The zero-order chi connectivity index (χ0) is 39.2. The third kappa shape index (κ3) is 8.55. The Morgan fingerprint density at radius 1 is 1.09 bits per heavy atom. The zero-order valence-electron chi connectivity index (χ0n) is 32.1. The molecule has 0 aromatic heterocycles. The highest BCUT2D eigenvalue weighted by Crippen LogP contribution is 2.47. The molecular formula is C39H55N5O9S. The van der Waals surface area contributed by atoms with Gasteiger partial charge in [0.15, 0.2) is 0 Å². The molecule has 1 unspecified atom stereocenters. The Morgan fingerprint density at radius 3 is 2.50 bits per heavy atom. The normalized spacial score (nSPS) is 29.0. The zero-order valence-corrected chi connectivity index (χ0v) is 32.9. The first-order valence-electron chi connectivity index (χ1n) is 19.1. The second-order valence-electron chi connectivity index (χ2n) is 17.6. The van der Waals surface area contributed by atoms with Crippen molar-refractivity contribution in [1.82, 2.24) is 25.2 Å². The van der Waals surface area contributed by atoms with Crippen LogP contribution < -0.4 is 15.4 Å². The number of hydrogen-bond acceptors (Lipinski definition) is 9. The van der Waals surface area contributed by atoms with Crippen LogP contribution in [0.4, 0.5) is 9.59 Å². The van der Waals surface area contributed by atoms with E-state index < -0.39 is 80.2 Å². The van der Waals surface area contributed by atoms with E-state index in [2.05, 4.69) is 28.0 Å². The number of hydrogen-bond donors (Lipinski definition) is 3. The van der Waals surface area contributed by atoms with Crippen molar-refractivity contribution in [3.05, 3.63) is 47.5 Å². The van der Waals surface area contributed by atoms with Crippen LogP contribution in [0, 0.1) is 16.7 Å². The Bertz CT molecular complexity index is 1800. The molecule has 296 valence electrons. The number of nitrogens with zero attached hydrogens (tertiary/aromatic N) is 2. The van der Waals surface area contributed by atoms with Crippen molar-refractivity contribution in [2.24, 2.45) is 16.7 Å². The third-order valence-corrected chi connectivity index (χ3v) is 13.3. The maximum absolute atomic E-state index is 14.5. The van der Waals surface area contributed by atoms with Crippen molar-refractivity contribution in [2.75, 3.05) is 13.2 Å². The van der Waals surface area contributed by atoms with Crippen molar-refractivity contribution in [3.8, 4) is 0 Å². The van der Waals surface area contributed by atoms with Crippen LogP contribution in [0.2, 0.25) is 0 Å². The summed E-state index contributed by atoms with van der Waals surface area (Å²) in [6.07, 6.45) is 4.21. The Hall–Kier alpha value is -4.14. The molecule has 3 N–H and O–H groups in total. The van der Waals surface area contributed by atoms with Gasteiger partial charge >= 0.3 is 12.2 Å². The molecule has 3 aliphatic heterocycles. The summed E-state index contributed by atoms with van der Waals surface area (Å²) in [6.45, 7) is 13.9. The molecule has 1 saturated heterocycles. The van der Waals surface area contributed by atoms with Gasteiger partial charge < -0.3 is 25.0 Å². The summed E-state index contributed by atoms with van der Waals surface area (Å²) >= 11 is 0. The molecule has 0 radical (unpaired) electrons. The van der Waals surface area contributed by atoms with Crippen LogP contribution in [0.1, 0.15) is 103 Å². The molecule has 0 spiro atoms. The minimum Gasteiger partial charge on any atom is -0.449 e. The van der Waals surface area contributed by atoms with E-state index >= 15 is 0 Å². The Labute approximate surface area is 318 Å². The maximum atomic E-state index is 14.5. The topological polar surface area (TPSA) is 181 Å². The van der Waals surface area contributed by atoms with E-state index in [1.54, 1.807) is 31.7 Å². The number of carbonyl (C=O) groups excluding carboxylic acids is 5. The third-order valence-electron chi connectivity index (χ3n) is 11.5. The number of ether oxygens (including phenoxy) is 2. The van der Waals surface area contributed by atoms with E-state index in [0.717, 1.165) is 36.8 Å². The number of nitrogens with one attached hydrogen (secondary N) is 3. The second kappa shape index (κ2) is 14.8. The molecule has 3 heterocycles. The van der Waals surface area contributed by atoms with Crippen molar-refractivity contribution >= 4 is 39.9 Å². The fourth-order valence-corrected chi connectivity index (χ4v) is 9.33.